The fourth-order valence-electron chi connectivity index (χ4n) is 1.54. The molecule has 2 heterocycles. The Morgan fingerprint density at radius 3 is 2.79 bits per heavy atom. The Hall–Kier alpha value is -2.09. The van der Waals surface area contributed by atoms with E-state index in [-0.39, 0.29) is 11.6 Å². The standard InChI is InChI=1S/C11H14F2N6/c1-19-6-7(5-16-19)8-4-9(10(12)13)18-11(17-8)15-3-2-14/h4-6,10H,2-3,14H2,1H3,(H,15,17,18). The van der Waals surface area contributed by atoms with Crippen molar-refractivity contribution in [3.63, 3.8) is 0 Å². The van der Waals surface area contributed by atoms with Crippen LogP contribution in [0.1, 0.15) is 12.1 Å². The van der Waals surface area contributed by atoms with Gasteiger partial charge in [0.15, 0.2) is 0 Å². The van der Waals surface area contributed by atoms with Gasteiger partial charge in [0, 0.05) is 31.9 Å². The number of alkyl halides is 2. The molecule has 0 aliphatic carbocycles. The van der Waals surface area contributed by atoms with Gasteiger partial charge in [-0.1, -0.05) is 0 Å². The van der Waals surface area contributed by atoms with Gasteiger partial charge in [-0.25, -0.2) is 18.7 Å². The van der Waals surface area contributed by atoms with E-state index in [1.54, 1.807) is 24.1 Å². The highest BCUT2D eigenvalue weighted by Gasteiger charge is 2.14. The topological polar surface area (TPSA) is 81.7 Å². The lowest BCUT2D eigenvalue weighted by Crippen LogP contribution is -2.15. The average molecular weight is 268 g/mol. The zero-order valence-electron chi connectivity index (χ0n) is 10.3. The number of halogens is 2. The number of aromatic nitrogens is 4. The second-order valence-electron chi connectivity index (χ2n) is 3.92. The molecule has 19 heavy (non-hydrogen) atoms. The van der Waals surface area contributed by atoms with Crippen molar-refractivity contribution in [1.82, 2.24) is 19.7 Å². The van der Waals surface area contributed by atoms with Crippen LogP contribution in [-0.2, 0) is 7.05 Å². The van der Waals surface area contributed by atoms with Crippen LogP contribution in [-0.4, -0.2) is 32.8 Å². The van der Waals surface area contributed by atoms with Gasteiger partial charge in [0.05, 0.1) is 11.9 Å². The number of hydrogen-bond acceptors (Lipinski definition) is 5. The van der Waals surface area contributed by atoms with E-state index >= 15 is 0 Å². The minimum atomic E-state index is -2.66. The van der Waals surface area contributed by atoms with Crippen LogP contribution < -0.4 is 11.1 Å². The van der Waals surface area contributed by atoms with E-state index in [2.05, 4.69) is 20.4 Å². The maximum Gasteiger partial charge on any atom is 0.280 e. The van der Waals surface area contributed by atoms with Crippen LogP contribution in [0.4, 0.5) is 14.7 Å². The second-order valence-corrected chi connectivity index (χ2v) is 3.92. The first-order valence-corrected chi connectivity index (χ1v) is 5.70. The molecular formula is C11H14F2N6. The van der Waals surface area contributed by atoms with Crippen LogP contribution in [0.15, 0.2) is 18.5 Å². The fraction of sp³-hybridized carbons (Fsp3) is 0.364. The molecule has 0 amide bonds. The molecular weight excluding hydrogens is 254 g/mol. The predicted molar refractivity (Wildman–Crippen MR) is 66.7 cm³/mol. The Bertz CT molecular complexity index is 554. The predicted octanol–water partition coefficient (Wildman–Crippen LogP) is 1.19. The van der Waals surface area contributed by atoms with Gasteiger partial charge in [-0.15, -0.1) is 0 Å². The molecule has 2 aromatic rings. The van der Waals surface area contributed by atoms with Gasteiger partial charge in [0.1, 0.15) is 5.69 Å². The molecule has 0 spiro atoms. The van der Waals surface area contributed by atoms with Crippen molar-refractivity contribution in [3.05, 3.63) is 24.2 Å². The summed E-state index contributed by atoms with van der Waals surface area (Å²) in [7, 11) is 1.74. The lowest BCUT2D eigenvalue weighted by atomic mass is 10.2. The van der Waals surface area contributed by atoms with Gasteiger partial charge in [0.25, 0.3) is 6.43 Å². The minimum Gasteiger partial charge on any atom is -0.353 e. The third kappa shape index (κ3) is 3.22. The maximum atomic E-state index is 12.8. The largest absolute Gasteiger partial charge is 0.353 e. The number of anilines is 1. The van der Waals surface area contributed by atoms with Gasteiger partial charge >= 0.3 is 0 Å². The molecule has 0 aliphatic heterocycles. The number of aryl methyl sites for hydroxylation is 1. The zero-order valence-corrected chi connectivity index (χ0v) is 10.3. The zero-order chi connectivity index (χ0) is 13.8. The van der Waals surface area contributed by atoms with Gasteiger partial charge in [-0.3, -0.25) is 4.68 Å². The first kappa shape index (κ1) is 13.3. The van der Waals surface area contributed by atoms with E-state index in [9.17, 15) is 8.78 Å². The van der Waals surface area contributed by atoms with Gasteiger partial charge < -0.3 is 11.1 Å². The monoisotopic (exact) mass is 268 g/mol. The molecule has 3 N–H and O–H groups in total. The van der Waals surface area contributed by atoms with Crippen LogP contribution in [0, 0.1) is 0 Å². The maximum absolute atomic E-state index is 12.8. The summed E-state index contributed by atoms with van der Waals surface area (Å²) < 4.78 is 27.2. The summed E-state index contributed by atoms with van der Waals surface area (Å²) in [6.45, 7) is 0.781. The summed E-state index contributed by atoms with van der Waals surface area (Å²) in [4.78, 5) is 7.92. The minimum absolute atomic E-state index is 0.141. The van der Waals surface area contributed by atoms with E-state index in [1.807, 2.05) is 0 Å². The van der Waals surface area contributed by atoms with E-state index < -0.39 is 6.43 Å². The van der Waals surface area contributed by atoms with Gasteiger partial charge in [-0.2, -0.15) is 5.10 Å². The first-order valence-electron chi connectivity index (χ1n) is 5.70. The molecule has 0 fully saturated rings. The highest BCUT2D eigenvalue weighted by Crippen LogP contribution is 2.24. The Morgan fingerprint density at radius 1 is 1.42 bits per heavy atom. The molecule has 0 radical (unpaired) electrons. The molecule has 0 unspecified atom stereocenters. The molecule has 0 bridgehead atoms. The Morgan fingerprint density at radius 2 is 2.21 bits per heavy atom. The molecule has 6 nitrogen and oxygen atoms in total. The molecule has 0 aliphatic rings. The Kier molecular flexibility index (Phi) is 4.00. The molecule has 0 saturated carbocycles. The summed E-state index contributed by atoms with van der Waals surface area (Å²) in [5.41, 5.74) is 6.08. The van der Waals surface area contributed by atoms with Crippen LogP contribution >= 0.6 is 0 Å². The third-order valence-corrected chi connectivity index (χ3v) is 2.40. The summed E-state index contributed by atoms with van der Waals surface area (Å²) in [5, 5.41) is 6.79. The molecule has 8 heteroatoms. The highest BCUT2D eigenvalue weighted by atomic mass is 19.3. The van der Waals surface area contributed by atoms with E-state index in [0.29, 0.717) is 24.3 Å². The quantitative estimate of drug-likeness (QED) is 0.851. The van der Waals surface area contributed by atoms with Crippen molar-refractivity contribution in [1.29, 1.82) is 0 Å². The van der Waals surface area contributed by atoms with Crippen molar-refractivity contribution in [2.45, 2.75) is 6.43 Å². The lowest BCUT2D eigenvalue weighted by molar-refractivity contribution is 0.146. The summed E-state index contributed by atoms with van der Waals surface area (Å²) >= 11 is 0. The van der Waals surface area contributed by atoms with Crippen molar-refractivity contribution >= 4 is 5.95 Å². The Balaban J connectivity index is 2.39. The van der Waals surface area contributed by atoms with Crippen molar-refractivity contribution in [2.75, 3.05) is 18.4 Å². The van der Waals surface area contributed by atoms with E-state index in [4.69, 9.17) is 5.73 Å². The van der Waals surface area contributed by atoms with Crippen molar-refractivity contribution in [3.8, 4) is 11.3 Å². The highest BCUT2D eigenvalue weighted by molar-refractivity contribution is 5.59. The van der Waals surface area contributed by atoms with Crippen LogP contribution in [0.25, 0.3) is 11.3 Å². The first-order chi connectivity index (χ1) is 9.10. The van der Waals surface area contributed by atoms with Crippen LogP contribution in [0.3, 0.4) is 0 Å². The molecule has 0 atom stereocenters. The van der Waals surface area contributed by atoms with Crippen molar-refractivity contribution < 1.29 is 8.78 Å². The number of nitrogens with zero attached hydrogens (tertiary/aromatic N) is 4. The summed E-state index contributed by atoms with van der Waals surface area (Å²) in [6, 6.07) is 1.26. The van der Waals surface area contributed by atoms with Gasteiger partial charge in [0.2, 0.25) is 5.95 Å². The molecule has 102 valence electrons. The summed E-state index contributed by atoms with van der Waals surface area (Å²) in [6.07, 6.45) is 0.603. The fourth-order valence-corrected chi connectivity index (χ4v) is 1.54. The number of nitrogens with one attached hydrogen (secondary N) is 1. The molecule has 2 aromatic heterocycles. The van der Waals surface area contributed by atoms with Crippen LogP contribution in [0.5, 0.6) is 0 Å². The van der Waals surface area contributed by atoms with E-state index in [0.717, 1.165) is 0 Å². The number of hydrogen-bond donors (Lipinski definition) is 2. The van der Waals surface area contributed by atoms with Crippen LogP contribution in [0.2, 0.25) is 0 Å². The smallest absolute Gasteiger partial charge is 0.280 e. The molecule has 0 saturated heterocycles. The summed E-state index contributed by atoms with van der Waals surface area (Å²) in [5.74, 6) is 0.141. The average Bonchev–Trinajstić information content (AvgIpc) is 2.82. The lowest BCUT2D eigenvalue weighted by Gasteiger charge is -2.07. The van der Waals surface area contributed by atoms with E-state index in [1.165, 1.54) is 6.07 Å². The third-order valence-electron chi connectivity index (χ3n) is 2.40. The Labute approximate surface area is 108 Å². The molecule has 0 aromatic carbocycles. The normalized spacial score (nSPS) is 11.0. The number of rotatable bonds is 5. The molecule has 2 rings (SSSR count). The van der Waals surface area contributed by atoms with Crippen molar-refractivity contribution in [2.24, 2.45) is 12.8 Å². The number of nitrogens with two attached hydrogens (primary N) is 1. The second kappa shape index (κ2) is 5.70. The SMILES string of the molecule is Cn1cc(-c2cc(C(F)F)nc(NCCN)n2)cn1. The van der Waals surface area contributed by atoms with Gasteiger partial charge in [-0.05, 0) is 6.07 Å².